The number of halogens is 5. The number of benzene rings is 1. The minimum absolute atomic E-state index is 0.00750. The molecule has 5 rings (SSSR count). The molecule has 2 aliphatic rings. The van der Waals surface area contributed by atoms with Crippen molar-refractivity contribution in [1.29, 1.82) is 0 Å². The first-order valence-electron chi connectivity index (χ1n) is 10.4. The molecule has 188 valence electrons. The quantitative estimate of drug-likeness (QED) is 0.309. The third-order valence-corrected chi connectivity index (χ3v) is 8.12. The Balaban J connectivity index is 1.58. The number of fused-ring (bicyclic) bond motifs is 1. The normalized spacial score (nSPS) is 25.3. The number of hydrogen-bond acceptors (Lipinski definition) is 9. The molecular weight excluding hydrogens is 536 g/mol. The van der Waals surface area contributed by atoms with E-state index in [4.69, 9.17) is 20.9 Å². The Hall–Kier alpha value is -2.13. The van der Waals surface area contributed by atoms with Crippen LogP contribution in [-0.4, -0.2) is 58.2 Å². The highest BCUT2D eigenvalue weighted by Crippen LogP contribution is 2.52. The number of alkyl halides is 4. The fourth-order valence-corrected chi connectivity index (χ4v) is 6.50. The highest BCUT2D eigenvalue weighted by atomic mass is 35.5. The van der Waals surface area contributed by atoms with Gasteiger partial charge in [0, 0.05) is 23.3 Å². The number of carbonyl (C=O) groups is 1. The molecule has 0 aliphatic carbocycles. The number of carbonyl (C=O) groups excluding carboxylic acids is 1. The topological polar surface area (TPSA) is 110 Å². The number of thioether (sulfide) groups is 1. The van der Waals surface area contributed by atoms with Crippen molar-refractivity contribution >= 4 is 56.4 Å². The van der Waals surface area contributed by atoms with Crippen molar-refractivity contribution in [2.45, 2.75) is 47.6 Å². The standard InChI is InChI=1S/C20H17ClF4N4O4S2/c21-7-1-2-10(26-9-3-4-32-6-8(9)22)14-13(7)15(35-20(23,24)25)16(34-14)17-28-19(33-29-17)11-5-12(30)18(31)27-11/h1-2,8-9,11-12,26,30H,3-6H2,(H,27,31)/t8-,9+,11+,12+/m0/s1. The van der Waals surface area contributed by atoms with Gasteiger partial charge in [-0.1, -0.05) is 16.8 Å². The van der Waals surface area contributed by atoms with Crippen molar-refractivity contribution in [2.24, 2.45) is 0 Å². The number of hydrogen-bond donors (Lipinski definition) is 3. The van der Waals surface area contributed by atoms with Crippen LogP contribution >= 0.6 is 34.7 Å². The van der Waals surface area contributed by atoms with Crippen molar-refractivity contribution in [1.82, 2.24) is 15.5 Å². The third kappa shape index (κ3) is 4.94. The van der Waals surface area contributed by atoms with Crippen LogP contribution < -0.4 is 10.6 Å². The monoisotopic (exact) mass is 552 g/mol. The van der Waals surface area contributed by atoms with Crippen molar-refractivity contribution in [2.75, 3.05) is 18.5 Å². The number of amides is 1. The van der Waals surface area contributed by atoms with Crippen molar-refractivity contribution < 1.29 is 36.7 Å². The molecule has 2 aliphatic heterocycles. The van der Waals surface area contributed by atoms with Crippen LogP contribution in [0.25, 0.3) is 20.8 Å². The molecule has 0 bridgehead atoms. The van der Waals surface area contributed by atoms with Gasteiger partial charge in [-0.3, -0.25) is 4.79 Å². The summed E-state index contributed by atoms with van der Waals surface area (Å²) < 4.78 is 65.7. The molecule has 3 aromatic rings. The summed E-state index contributed by atoms with van der Waals surface area (Å²) in [4.78, 5) is 15.6. The zero-order chi connectivity index (χ0) is 24.9. The van der Waals surface area contributed by atoms with E-state index in [9.17, 15) is 27.5 Å². The lowest BCUT2D eigenvalue weighted by atomic mass is 10.1. The molecule has 4 atom stereocenters. The molecule has 0 saturated carbocycles. The minimum atomic E-state index is -4.64. The second-order valence-electron chi connectivity index (χ2n) is 8.01. The number of aromatic nitrogens is 2. The van der Waals surface area contributed by atoms with Crippen molar-refractivity contribution in [3.05, 3.63) is 23.0 Å². The summed E-state index contributed by atoms with van der Waals surface area (Å²) >= 11 is 6.95. The minimum Gasteiger partial charge on any atom is -0.383 e. The Labute approximate surface area is 208 Å². The van der Waals surface area contributed by atoms with Gasteiger partial charge in [0.15, 0.2) is 0 Å². The second-order valence-corrected chi connectivity index (χ2v) is 10.5. The van der Waals surface area contributed by atoms with Gasteiger partial charge in [-0.2, -0.15) is 18.2 Å². The molecule has 2 fully saturated rings. The summed E-state index contributed by atoms with van der Waals surface area (Å²) in [5, 5.41) is 19.3. The molecule has 35 heavy (non-hydrogen) atoms. The molecule has 1 amide bonds. The van der Waals surface area contributed by atoms with E-state index >= 15 is 0 Å². The molecule has 2 saturated heterocycles. The summed E-state index contributed by atoms with van der Waals surface area (Å²) in [5.41, 5.74) is -4.22. The summed E-state index contributed by atoms with van der Waals surface area (Å²) in [6, 6.07) is 1.70. The first-order valence-corrected chi connectivity index (χ1v) is 12.4. The number of thiophene rings is 1. The largest absolute Gasteiger partial charge is 0.446 e. The molecule has 4 heterocycles. The lowest BCUT2D eigenvalue weighted by molar-refractivity contribution is -0.126. The van der Waals surface area contributed by atoms with Crippen LogP contribution in [0.5, 0.6) is 0 Å². The Morgan fingerprint density at radius 2 is 2.14 bits per heavy atom. The van der Waals surface area contributed by atoms with Gasteiger partial charge in [0.1, 0.15) is 18.3 Å². The predicted molar refractivity (Wildman–Crippen MR) is 121 cm³/mol. The lowest BCUT2D eigenvalue weighted by Gasteiger charge is -2.28. The summed E-state index contributed by atoms with van der Waals surface area (Å²) in [6.07, 6.45) is -2.14. The number of nitrogens with zero attached hydrogens (tertiary/aromatic N) is 2. The Morgan fingerprint density at radius 3 is 2.83 bits per heavy atom. The smallest absolute Gasteiger partial charge is 0.383 e. The van der Waals surface area contributed by atoms with E-state index < -0.39 is 35.8 Å². The van der Waals surface area contributed by atoms with Crippen LogP contribution in [0.15, 0.2) is 21.6 Å². The number of rotatable bonds is 5. The van der Waals surface area contributed by atoms with Gasteiger partial charge in [-0.15, -0.1) is 11.3 Å². The van der Waals surface area contributed by atoms with Gasteiger partial charge < -0.3 is 25.0 Å². The molecule has 2 aromatic heterocycles. The van der Waals surface area contributed by atoms with E-state index in [2.05, 4.69) is 20.8 Å². The highest BCUT2D eigenvalue weighted by Gasteiger charge is 2.37. The molecule has 0 spiro atoms. The van der Waals surface area contributed by atoms with Gasteiger partial charge in [-0.05, 0) is 30.3 Å². The van der Waals surface area contributed by atoms with E-state index in [-0.39, 0.29) is 56.7 Å². The SMILES string of the molecule is O=C1N[C@@H](c2nc(-c3sc4c(N[C@@H]5CCOC[C@@H]5F)ccc(Cl)c4c3SC(F)(F)F)no2)C[C@H]1O. The van der Waals surface area contributed by atoms with E-state index in [0.29, 0.717) is 23.4 Å². The van der Waals surface area contributed by atoms with Gasteiger partial charge >= 0.3 is 5.51 Å². The van der Waals surface area contributed by atoms with Gasteiger partial charge in [-0.25, -0.2) is 4.39 Å². The van der Waals surface area contributed by atoms with Gasteiger partial charge in [0.05, 0.1) is 32.9 Å². The number of ether oxygens (including phenoxy) is 1. The number of anilines is 1. The molecular formula is C20H17ClF4N4O4S2. The molecule has 0 unspecified atom stereocenters. The number of nitrogens with one attached hydrogen (secondary N) is 2. The first-order chi connectivity index (χ1) is 16.6. The maximum atomic E-state index is 14.3. The predicted octanol–water partition coefficient (Wildman–Crippen LogP) is 4.68. The summed E-state index contributed by atoms with van der Waals surface area (Å²) in [5.74, 6) is -0.774. The van der Waals surface area contributed by atoms with E-state index in [1.807, 2.05) is 0 Å². The fraction of sp³-hybridized carbons (Fsp3) is 0.450. The van der Waals surface area contributed by atoms with E-state index in [1.54, 1.807) is 6.07 Å². The van der Waals surface area contributed by atoms with Gasteiger partial charge in [0.2, 0.25) is 17.6 Å². The average Bonchev–Trinajstić information content (AvgIpc) is 3.49. The van der Waals surface area contributed by atoms with Gasteiger partial charge in [0.25, 0.3) is 0 Å². The highest BCUT2D eigenvalue weighted by molar-refractivity contribution is 8.00. The summed E-state index contributed by atoms with van der Waals surface area (Å²) in [7, 11) is 0. The van der Waals surface area contributed by atoms with E-state index in [0.717, 1.165) is 11.3 Å². The van der Waals surface area contributed by atoms with Crippen LogP contribution in [0.2, 0.25) is 5.02 Å². The van der Waals surface area contributed by atoms with Crippen LogP contribution in [0.4, 0.5) is 23.2 Å². The maximum absolute atomic E-state index is 14.3. The number of aliphatic hydroxyl groups excluding tert-OH is 1. The zero-order valence-electron chi connectivity index (χ0n) is 17.6. The zero-order valence-corrected chi connectivity index (χ0v) is 20.0. The summed E-state index contributed by atoms with van der Waals surface area (Å²) in [6.45, 7) is 0.287. The van der Waals surface area contributed by atoms with Crippen LogP contribution in [0.3, 0.4) is 0 Å². The molecule has 8 nitrogen and oxygen atoms in total. The Morgan fingerprint density at radius 1 is 1.34 bits per heavy atom. The Kier molecular flexibility index (Phi) is 6.59. The Bertz CT molecular complexity index is 1270. The first kappa shape index (κ1) is 24.6. The average molecular weight is 553 g/mol. The van der Waals surface area contributed by atoms with E-state index in [1.165, 1.54) is 6.07 Å². The lowest BCUT2D eigenvalue weighted by Crippen LogP contribution is -2.39. The van der Waals surface area contributed by atoms with Crippen molar-refractivity contribution in [3.8, 4) is 10.7 Å². The molecule has 0 radical (unpaired) electrons. The second kappa shape index (κ2) is 9.39. The number of aliphatic hydroxyl groups is 1. The van der Waals surface area contributed by atoms with Crippen LogP contribution in [-0.2, 0) is 9.53 Å². The maximum Gasteiger partial charge on any atom is 0.446 e. The molecule has 15 heteroatoms. The van der Waals surface area contributed by atoms with Crippen LogP contribution in [0, 0.1) is 0 Å². The third-order valence-electron chi connectivity index (χ3n) is 5.61. The van der Waals surface area contributed by atoms with Crippen molar-refractivity contribution in [3.63, 3.8) is 0 Å². The van der Waals surface area contributed by atoms with Crippen LogP contribution in [0.1, 0.15) is 24.8 Å². The molecule has 3 N–H and O–H groups in total. The molecule has 1 aromatic carbocycles. The fourth-order valence-electron chi connectivity index (χ4n) is 3.97.